The SMILES string of the molecule is C(=C\c1cccc2ccc3cccnc3c12)/c1ccc2ccccc2c1. The molecule has 4 aromatic carbocycles. The van der Waals surface area contributed by atoms with Crippen molar-refractivity contribution in [1.29, 1.82) is 0 Å². The fourth-order valence-corrected chi connectivity index (χ4v) is 3.58. The van der Waals surface area contributed by atoms with E-state index in [0.717, 1.165) is 5.52 Å². The second-order valence-corrected chi connectivity index (χ2v) is 6.53. The van der Waals surface area contributed by atoms with Crippen LogP contribution in [0, 0.1) is 0 Å². The lowest BCUT2D eigenvalue weighted by Gasteiger charge is -2.06. The first-order valence-corrected chi connectivity index (χ1v) is 8.82. The average molecular weight is 331 g/mol. The van der Waals surface area contributed by atoms with Crippen molar-refractivity contribution in [2.24, 2.45) is 0 Å². The van der Waals surface area contributed by atoms with Crippen LogP contribution in [0.5, 0.6) is 0 Å². The predicted molar refractivity (Wildman–Crippen MR) is 112 cm³/mol. The Hall–Kier alpha value is -3.45. The fraction of sp³-hybridized carbons (Fsp3) is 0. The highest BCUT2D eigenvalue weighted by atomic mass is 14.6. The van der Waals surface area contributed by atoms with E-state index in [2.05, 4.69) is 96.0 Å². The number of pyridine rings is 1. The lowest BCUT2D eigenvalue weighted by atomic mass is 9.99. The van der Waals surface area contributed by atoms with Crippen molar-refractivity contribution in [3.8, 4) is 0 Å². The van der Waals surface area contributed by atoms with Crippen LogP contribution >= 0.6 is 0 Å². The third-order valence-electron chi connectivity index (χ3n) is 4.88. The van der Waals surface area contributed by atoms with Gasteiger partial charge >= 0.3 is 0 Å². The van der Waals surface area contributed by atoms with Gasteiger partial charge in [0.1, 0.15) is 0 Å². The van der Waals surface area contributed by atoms with Crippen molar-refractivity contribution in [2.75, 3.05) is 0 Å². The van der Waals surface area contributed by atoms with Crippen LogP contribution in [0.3, 0.4) is 0 Å². The Morgan fingerprint density at radius 1 is 0.577 bits per heavy atom. The first-order valence-electron chi connectivity index (χ1n) is 8.82. The minimum atomic E-state index is 1.06. The smallest absolute Gasteiger partial charge is 0.0786 e. The van der Waals surface area contributed by atoms with Crippen LogP contribution in [0.25, 0.3) is 44.6 Å². The average Bonchev–Trinajstić information content (AvgIpc) is 2.71. The highest BCUT2D eigenvalue weighted by molar-refractivity contribution is 6.09. The van der Waals surface area contributed by atoms with Crippen LogP contribution in [-0.4, -0.2) is 4.98 Å². The zero-order valence-corrected chi connectivity index (χ0v) is 14.3. The number of nitrogens with zero attached hydrogens (tertiary/aromatic N) is 1. The summed E-state index contributed by atoms with van der Waals surface area (Å²) < 4.78 is 0. The minimum Gasteiger partial charge on any atom is -0.256 e. The molecule has 0 amide bonds. The number of benzene rings is 4. The zero-order valence-electron chi connectivity index (χ0n) is 14.3. The molecule has 0 spiro atoms. The van der Waals surface area contributed by atoms with Gasteiger partial charge in [0.05, 0.1) is 5.52 Å². The Kier molecular flexibility index (Phi) is 3.50. The van der Waals surface area contributed by atoms with E-state index in [1.165, 1.54) is 38.1 Å². The molecule has 5 rings (SSSR count). The number of hydrogen-bond acceptors (Lipinski definition) is 1. The van der Waals surface area contributed by atoms with Crippen molar-refractivity contribution in [1.82, 2.24) is 4.98 Å². The molecule has 1 heteroatoms. The van der Waals surface area contributed by atoms with Gasteiger partial charge in [-0.05, 0) is 39.4 Å². The molecule has 0 aliphatic heterocycles. The van der Waals surface area contributed by atoms with Gasteiger partial charge < -0.3 is 0 Å². The topological polar surface area (TPSA) is 12.9 Å². The summed E-state index contributed by atoms with van der Waals surface area (Å²) in [6.07, 6.45) is 6.25. The van der Waals surface area contributed by atoms with Crippen molar-refractivity contribution < 1.29 is 0 Å². The second kappa shape index (κ2) is 6.12. The molecule has 0 N–H and O–H groups in total. The molecule has 1 nitrogen and oxygen atoms in total. The summed E-state index contributed by atoms with van der Waals surface area (Å²) in [7, 11) is 0. The van der Waals surface area contributed by atoms with Crippen molar-refractivity contribution >= 4 is 44.6 Å². The van der Waals surface area contributed by atoms with Gasteiger partial charge in [-0.3, -0.25) is 4.98 Å². The van der Waals surface area contributed by atoms with E-state index >= 15 is 0 Å². The molecule has 0 bridgehead atoms. The zero-order chi connectivity index (χ0) is 17.3. The third kappa shape index (κ3) is 2.55. The van der Waals surface area contributed by atoms with Gasteiger partial charge in [0.25, 0.3) is 0 Å². The number of aromatic nitrogens is 1. The quantitative estimate of drug-likeness (QED) is 0.259. The van der Waals surface area contributed by atoms with E-state index in [1.54, 1.807) is 0 Å². The highest BCUT2D eigenvalue weighted by Gasteiger charge is 2.04. The maximum Gasteiger partial charge on any atom is 0.0786 e. The molecule has 122 valence electrons. The molecule has 0 unspecified atom stereocenters. The molecular weight excluding hydrogens is 314 g/mol. The molecule has 0 radical (unpaired) electrons. The van der Waals surface area contributed by atoms with Crippen molar-refractivity contribution in [3.05, 3.63) is 102 Å². The monoisotopic (exact) mass is 331 g/mol. The molecule has 1 heterocycles. The van der Waals surface area contributed by atoms with E-state index in [-0.39, 0.29) is 0 Å². The van der Waals surface area contributed by atoms with Gasteiger partial charge in [0, 0.05) is 17.0 Å². The van der Waals surface area contributed by atoms with Crippen LogP contribution in [-0.2, 0) is 0 Å². The lowest BCUT2D eigenvalue weighted by Crippen LogP contribution is -1.84. The summed E-state index contributed by atoms with van der Waals surface area (Å²) in [5, 5.41) is 6.13. The van der Waals surface area contributed by atoms with Gasteiger partial charge in [-0.15, -0.1) is 0 Å². The summed E-state index contributed by atoms with van der Waals surface area (Å²) >= 11 is 0. The predicted octanol–water partition coefficient (Wildman–Crippen LogP) is 6.71. The molecule has 26 heavy (non-hydrogen) atoms. The molecular formula is C25H17N. The van der Waals surface area contributed by atoms with Crippen LogP contribution in [0.15, 0.2) is 91.1 Å². The maximum absolute atomic E-state index is 4.63. The van der Waals surface area contributed by atoms with Crippen LogP contribution in [0.2, 0.25) is 0 Å². The van der Waals surface area contributed by atoms with E-state index in [9.17, 15) is 0 Å². The van der Waals surface area contributed by atoms with Crippen molar-refractivity contribution in [3.63, 3.8) is 0 Å². The standard InChI is InChI=1S/C25H17N/c1-2-6-23-17-18(10-12-19(23)5-1)11-13-20-7-3-8-21-14-15-22-9-4-16-26-25(22)24(20)21/h1-17H/b13-11+. The molecule has 0 aliphatic rings. The summed E-state index contributed by atoms with van der Waals surface area (Å²) in [6.45, 7) is 0. The minimum absolute atomic E-state index is 1.06. The summed E-state index contributed by atoms with van der Waals surface area (Å²) in [6, 6.07) is 29.9. The Morgan fingerprint density at radius 3 is 2.31 bits per heavy atom. The number of fused-ring (bicyclic) bond motifs is 4. The second-order valence-electron chi connectivity index (χ2n) is 6.53. The highest BCUT2D eigenvalue weighted by Crippen LogP contribution is 2.28. The normalized spacial score (nSPS) is 11.7. The summed E-state index contributed by atoms with van der Waals surface area (Å²) in [5.41, 5.74) is 3.46. The molecule has 0 saturated carbocycles. The van der Waals surface area contributed by atoms with Gasteiger partial charge in [0.15, 0.2) is 0 Å². The number of hydrogen-bond donors (Lipinski definition) is 0. The Morgan fingerprint density at radius 2 is 1.35 bits per heavy atom. The Labute approximate surface area is 152 Å². The molecule has 5 aromatic rings. The van der Waals surface area contributed by atoms with Crippen LogP contribution in [0.4, 0.5) is 0 Å². The summed E-state index contributed by atoms with van der Waals surface area (Å²) in [5.74, 6) is 0. The van der Waals surface area contributed by atoms with Crippen LogP contribution < -0.4 is 0 Å². The third-order valence-corrected chi connectivity index (χ3v) is 4.88. The molecule has 1 aromatic heterocycles. The van der Waals surface area contributed by atoms with Gasteiger partial charge in [-0.2, -0.15) is 0 Å². The molecule has 0 atom stereocenters. The van der Waals surface area contributed by atoms with Gasteiger partial charge in [0.2, 0.25) is 0 Å². The lowest BCUT2D eigenvalue weighted by molar-refractivity contribution is 1.43. The first kappa shape index (κ1) is 14.9. The number of rotatable bonds is 2. The van der Waals surface area contributed by atoms with E-state index in [0.29, 0.717) is 0 Å². The summed E-state index contributed by atoms with van der Waals surface area (Å²) in [4.78, 5) is 4.63. The van der Waals surface area contributed by atoms with Crippen molar-refractivity contribution in [2.45, 2.75) is 0 Å². The molecule has 0 saturated heterocycles. The fourth-order valence-electron chi connectivity index (χ4n) is 3.58. The first-order chi connectivity index (χ1) is 12.9. The van der Waals surface area contributed by atoms with Gasteiger partial charge in [-0.25, -0.2) is 0 Å². The van der Waals surface area contributed by atoms with Gasteiger partial charge in [-0.1, -0.05) is 84.9 Å². The van der Waals surface area contributed by atoms with E-state index in [4.69, 9.17) is 0 Å². The Balaban J connectivity index is 1.66. The van der Waals surface area contributed by atoms with E-state index in [1.807, 2.05) is 12.3 Å². The molecule has 0 aliphatic carbocycles. The van der Waals surface area contributed by atoms with Crippen LogP contribution in [0.1, 0.15) is 11.1 Å². The maximum atomic E-state index is 4.63. The largest absolute Gasteiger partial charge is 0.256 e. The van der Waals surface area contributed by atoms with E-state index < -0.39 is 0 Å². The molecule has 0 fully saturated rings. The Bertz CT molecular complexity index is 1280.